The molecule has 2 heterocycles. The van der Waals surface area contributed by atoms with Crippen LogP contribution in [0.3, 0.4) is 0 Å². The second kappa shape index (κ2) is 4.83. The van der Waals surface area contributed by atoms with Crippen molar-refractivity contribution in [2.24, 2.45) is 0 Å². The lowest BCUT2D eigenvalue weighted by atomic mass is 10.1. The van der Waals surface area contributed by atoms with Crippen molar-refractivity contribution in [3.8, 4) is 0 Å². The van der Waals surface area contributed by atoms with E-state index in [0.717, 1.165) is 22.8 Å². The van der Waals surface area contributed by atoms with Gasteiger partial charge in [0.25, 0.3) is 5.91 Å². The first kappa shape index (κ1) is 13.0. The van der Waals surface area contributed by atoms with Crippen LogP contribution in [-0.4, -0.2) is 26.0 Å². The third-order valence-corrected chi connectivity index (χ3v) is 4.71. The van der Waals surface area contributed by atoms with Gasteiger partial charge in [0, 0.05) is 30.7 Å². The van der Waals surface area contributed by atoms with E-state index in [1.807, 2.05) is 43.1 Å². The van der Waals surface area contributed by atoms with Gasteiger partial charge in [-0.2, -0.15) is 0 Å². The molecule has 3 rings (SSSR count). The number of anilines is 3. The number of carbonyl (C=O) groups excluding carboxylic acids is 1. The van der Waals surface area contributed by atoms with Crippen molar-refractivity contribution in [1.29, 1.82) is 0 Å². The molecule has 0 fully saturated rings. The van der Waals surface area contributed by atoms with E-state index in [0.29, 0.717) is 17.1 Å². The SMILES string of the molecule is Cc1sc(C(=O)N2CCN(C)c3ccccc32)cc1N. The largest absolute Gasteiger partial charge is 0.398 e. The molecule has 0 saturated heterocycles. The number of hydrogen-bond acceptors (Lipinski definition) is 4. The van der Waals surface area contributed by atoms with Gasteiger partial charge in [0.05, 0.1) is 16.3 Å². The van der Waals surface area contributed by atoms with Crippen LogP contribution in [0.2, 0.25) is 0 Å². The number of aryl methyl sites for hydroxylation is 1. The maximum Gasteiger partial charge on any atom is 0.268 e. The Labute approximate surface area is 122 Å². The van der Waals surface area contributed by atoms with Crippen molar-refractivity contribution in [2.75, 3.05) is 35.7 Å². The lowest BCUT2D eigenvalue weighted by Gasteiger charge is -2.35. The van der Waals surface area contributed by atoms with Gasteiger partial charge >= 0.3 is 0 Å². The molecular weight excluding hydrogens is 270 g/mol. The average molecular weight is 287 g/mol. The van der Waals surface area contributed by atoms with Crippen molar-refractivity contribution < 1.29 is 4.79 Å². The Hall–Kier alpha value is -2.01. The van der Waals surface area contributed by atoms with E-state index in [1.54, 1.807) is 6.07 Å². The first-order valence-electron chi connectivity index (χ1n) is 6.56. The number of para-hydroxylation sites is 2. The number of hydrogen-bond donors (Lipinski definition) is 1. The topological polar surface area (TPSA) is 49.6 Å². The number of likely N-dealkylation sites (N-methyl/N-ethyl adjacent to an activating group) is 1. The molecule has 0 bridgehead atoms. The number of carbonyl (C=O) groups is 1. The molecular formula is C15H17N3OS. The molecule has 0 atom stereocenters. The molecule has 1 amide bonds. The smallest absolute Gasteiger partial charge is 0.268 e. The fraction of sp³-hybridized carbons (Fsp3) is 0.267. The Bertz CT molecular complexity index is 645. The third kappa shape index (κ3) is 2.04. The van der Waals surface area contributed by atoms with Crippen LogP contribution in [0, 0.1) is 6.92 Å². The summed E-state index contributed by atoms with van der Waals surface area (Å²) in [7, 11) is 2.05. The normalized spacial score (nSPS) is 14.3. The number of amides is 1. The molecule has 2 aromatic rings. The molecule has 1 aliphatic rings. The molecule has 104 valence electrons. The van der Waals surface area contributed by atoms with Gasteiger partial charge in [0.2, 0.25) is 0 Å². The molecule has 0 unspecified atom stereocenters. The predicted molar refractivity (Wildman–Crippen MR) is 84.9 cm³/mol. The average Bonchev–Trinajstić information content (AvgIpc) is 2.79. The summed E-state index contributed by atoms with van der Waals surface area (Å²) < 4.78 is 0. The molecule has 5 heteroatoms. The van der Waals surface area contributed by atoms with Crippen LogP contribution in [0.5, 0.6) is 0 Å². The Balaban J connectivity index is 1.99. The second-order valence-electron chi connectivity index (χ2n) is 4.99. The molecule has 1 aliphatic heterocycles. The van der Waals surface area contributed by atoms with Crippen molar-refractivity contribution in [1.82, 2.24) is 0 Å². The maximum absolute atomic E-state index is 12.7. The van der Waals surface area contributed by atoms with E-state index < -0.39 is 0 Å². The molecule has 1 aromatic heterocycles. The molecule has 4 nitrogen and oxygen atoms in total. The van der Waals surface area contributed by atoms with Crippen LogP contribution < -0.4 is 15.5 Å². The van der Waals surface area contributed by atoms with Gasteiger partial charge in [0.15, 0.2) is 0 Å². The summed E-state index contributed by atoms with van der Waals surface area (Å²) in [6.07, 6.45) is 0. The number of thiophene rings is 1. The van der Waals surface area contributed by atoms with Crippen LogP contribution in [0.25, 0.3) is 0 Å². The van der Waals surface area contributed by atoms with E-state index in [1.165, 1.54) is 11.3 Å². The van der Waals surface area contributed by atoms with E-state index in [4.69, 9.17) is 5.73 Å². The molecule has 0 spiro atoms. The third-order valence-electron chi connectivity index (χ3n) is 3.65. The number of fused-ring (bicyclic) bond motifs is 1. The zero-order valence-corrected chi connectivity index (χ0v) is 12.4. The Morgan fingerprint density at radius 3 is 2.60 bits per heavy atom. The predicted octanol–water partition coefficient (Wildman–Crippen LogP) is 2.74. The van der Waals surface area contributed by atoms with E-state index >= 15 is 0 Å². The van der Waals surface area contributed by atoms with Crippen molar-refractivity contribution >= 4 is 34.3 Å². The standard InChI is InChI=1S/C15H17N3OS/c1-10-11(16)9-14(20-10)15(19)18-8-7-17(2)12-5-3-4-6-13(12)18/h3-6,9H,7-8,16H2,1-2H3. The highest BCUT2D eigenvalue weighted by atomic mass is 32.1. The highest BCUT2D eigenvalue weighted by molar-refractivity contribution is 7.14. The van der Waals surface area contributed by atoms with E-state index in [-0.39, 0.29) is 5.91 Å². The zero-order valence-electron chi connectivity index (χ0n) is 11.6. The first-order chi connectivity index (χ1) is 9.58. The minimum absolute atomic E-state index is 0.0374. The highest BCUT2D eigenvalue weighted by Gasteiger charge is 2.26. The first-order valence-corrected chi connectivity index (χ1v) is 7.37. The van der Waals surface area contributed by atoms with E-state index in [2.05, 4.69) is 4.90 Å². The van der Waals surface area contributed by atoms with Gasteiger partial charge in [-0.05, 0) is 25.1 Å². The minimum atomic E-state index is 0.0374. The summed E-state index contributed by atoms with van der Waals surface area (Å²) >= 11 is 1.46. The van der Waals surface area contributed by atoms with Crippen LogP contribution in [0.4, 0.5) is 17.1 Å². The lowest BCUT2D eigenvalue weighted by molar-refractivity contribution is 0.0990. The van der Waals surface area contributed by atoms with Crippen LogP contribution >= 0.6 is 11.3 Å². The zero-order chi connectivity index (χ0) is 14.3. The lowest BCUT2D eigenvalue weighted by Crippen LogP contribution is -2.42. The Kier molecular flexibility index (Phi) is 3.14. The number of nitrogen functional groups attached to an aromatic ring is 1. The van der Waals surface area contributed by atoms with E-state index in [9.17, 15) is 4.79 Å². The van der Waals surface area contributed by atoms with Crippen molar-refractivity contribution in [3.63, 3.8) is 0 Å². The monoisotopic (exact) mass is 287 g/mol. The number of rotatable bonds is 1. The van der Waals surface area contributed by atoms with Gasteiger partial charge in [-0.3, -0.25) is 4.79 Å². The van der Waals surface area contributed by atoms with Crippen molar-refractivity contribution in [2.45, 2.75) is 6.92 Å². The summed E-state index contributed by atoms with van der Waals surface area (Å²) in [4.78, 5) is 18.4. The number of benzene rings is 1. The molecule has 0 aliphatic carbocycles. The fourth-order valence-corrected chi connectivity index (χ4v) is 3.34. The summed E-state index contributed by atoms with van der Waals surface area (Å²) in [6.45, 7) is 3.47. The summed E-state index contributed by atoms with van der Waals surface area (Å²) in [6, 6.07) is 9.78. The summed E-state index contributed by atoms with van der Waals surface area (Å²) in [5.41, 5.74) is 8.61. The van der Waals surface area contributed by atoms with Crippen LogP contribution in [0.1, 0.15) is 14.5 Å². The molecule has 0 saturated carbocycles. The Morgan fingerprint density at radius 1 is 1.25 bits per heavy atom. The molecule has 1 aromatic carbocycles. The highest BCUT2D eigenvalue weighted by Crippen LogP contribution is 2.34. The fourth-order valence-electron chi connectivity index (χ4n) is 2.45. The number of nitrogens with two attached hydrogens (primary N) is 1. The van der Waals surface area contributed by atoms with Gasteiger partial charge < -0.3 is 15.5 Å². The summed E-state index contributed by atoms with van der Waals surface area (Å²) in [5.74, 6) is 0.0374. The van der Waals surface area contributed by atoms with Gasteiger partial charge in [-0.1, -0.05) is 12.1 Å². The second-order valence-corrected chi connectivity index (χ2v) is 6.25. The van der Waals surface area contributed by atoms with Gasteiger partial charge in [0.1, 0.15) is 0 Å². The Morgan fingerprint density at radius 2 is 1.95 bits per heavy atom. The molecule has 2 N–H and O–H groups in total. The minimum Gasteiger partial charge on any atom is -0.398 e. The number of nitrogens with zero attached hydrogens (tertiary/aromatic N) is 2. The summed E-state index contributed by atoms with van der Waals surface area (Å²) in [5, 5.41) is 0. The molecule has 20 heavy (non-hydrogen) atoms. The quantitative estimate of drug-likeness (QED) is 0.877. The van der Waals surface area contributed by atoms with Crippen LogP contribution in [-0.2, 0) is 0 Å². The molecule has 0 radical (unpaired) electrons. The van der Waals surface area contributed by atoms with Gasteiger partial charge in [-0.15, -0.1) is 11.3 Å². The van der Waals surface area contributed by atoms with Crippen molar-refractivity contribution in [3.05, 3.63) is 40.1 Å². The van der Waals surface area contributed by atoms with Gasteiger partial charge in [-0.25, -0.2) is 0 Å². The maximum atomic E-state index is 12.7. The van der Waals surface area contributed by atoms with Crippen LogP contribution in [0.15, 0.2) is 30.3 Å².